The highest BCUT2D eigenvalue weighted by molar-refractivity contribution is 6.07. The lowest BCUT2D eigenvalue weighted by Crippen LogP contribution is -2.33. The fraction of sp³-hybridized carbons (Fsp3) is 0.222. The number of rotatable bonds is 3. The van der Waals surface area contributed by atoms with Gasteiger partial charge in [-0.25, -0.2) is 5.06 Å². The minimum Gasteiger partial charge on any atom is -0.497 e. The Morgan fingerprint density at radius 1 is 1.00 bits per heavy atom. The third-order valence-corrected chi connectivity index (χ3v) is 4.42. The van der Waals surface area contributed by atoms with Crippen molar-refractivity contribution in [2.24, 2.45) is 5.92 Å². The van der Waals surface area contributed by atoms with E-state index < -0.39 is 12.0 Å². The van der Waals surface area contributed by atoms with Crippen molar-refractivity contribution in [1.82, 2.24) is 5.32 Å². The molecule has 0 aromatic heterocycles. The second-order valence-corrected chi connectivity index (χ2v) is 5.78. The summed E-state index contributed by atoms with van der Waals surface area (Å²) < 4.78 is 5.19. The van der Waals surface area contributed by atoms with Gasteiger partial charge in [0.1, 0.15) is 11.7 Å². The van der Waals surface area contributed by atoms with Gasteiger partial charge < -0.3 is 4.74 Å². The van der Waals surface area contributed by atoms with Crippen LogP contribution in [0.2, 0.25) is 0 Å². The van der Waals surface area contributed by atoms with Crippen LogP contribution < -0.4 is 15.1 Å². The fourth-order valence-corrected chi connectivity index (χ4v) is 3.27. The van der Waals surface area contributed by atoms with E-state index in [1.54, 1.807) is 12.2 Å². The lowest BCUT2D eigenvalue weighted by Gasteiger charge is -2.27. The molecule has 0 unspecified atom stereocenters. The van der Waals surface area contributed by atoms with Crippen LogP contribution >= 0.6 is 0 Å². The molecule has 0 aliphatic carbocycles. The van der Waals surface area contributed by atoms with Gasteiger partial charge in [-0.15, -0.1) is 0 Å². The van der Waals surface area contributed by atoms with Gasteiger partial charge in [-0.1, -0.05) is 30.3 Å². The van der Waals surface area contributed by atoms with E-state index in [4.69, 9.17) is 9.57 Å². The Morgan fingerprint density at radius 2 is 1.71 bits per heavy atom. The molecule has 0 spiro atoms. The zero-order chi connectivity index (χ0) is 16.7. The first-order valence-electron chi connectivity index (χ1n) is 7.69. The third-order valence-electron chi connectivity index (χ3n) is 4.42. The minimum absolute atomic E-state index is 0.302. The molecule has 0 bridgehead atoms. The first-order chi connectivity index (χ1) is 11.7. The molecule has 2 aromatic rings. The molecule has 2 heterocycles. The number of anilines is 1. The summed E-state index contributed by atoms with van der Waals surface area (Å²) in [7, 11) is 1.60. The van der Waals surface area contributed by atoms with Gasteiger partial charge in [-0.05, 0) is 29.8 Å². The summed E-state index contributed by atoms with van der Waals surface area (Å²) in [4.78, 5) is 30.2. The second-order valence-electron chi connectivity index (χ2n) is 5.78. The Hall–Kier alpha value is -2.86. The Labute approximate surface area is 138 Å². The van der Waals surface area contributed by atoms with Gasteiger partial charge in [0.2, 0.25) is 5.91 Å². The number of imide groups is 1. The zero-order valence-electron chi connectivity index (χ0n) is 13.0. The lowest BCUT2D eigenvalue weighted by molar-refractivity contribution is -0.129. The molecule has 3 atom stereocenters. The summed E-state index contributed by atoms with van der Waals surface area (Å²) in [6, 6.07) is 16.5. The van der Waals surface area contributed by atoms with Crippen LogP contribution in [0.5, 0.6) is 5.75 Å². The molecule has 2 aromatic carbocycles. The molecule has 122 valence electrons. The summed E-state index contributed by atoms with van der Waals surface area (Å²) in [6.45, 7) is 0. The maximum absolute atomic E-state index is 12.3. The van der Waals surface area contributed by atoms with Gasteiger partial charge in [0, 0.05) is 0 Å². The van der Waals surface area contributed by atoms with E-state index in [9.17, 15) is 9.59 Å². The molecular formula is C18H16N2O4. The molecule has 6 heteroatoms. The van der Waals surface area contributed by atoms with Crippen molar-refractivity contribution in [1.29, 1.82) is 0 Å². The number of ether oxygens (including phenoxy) is 1. The van der Waals surface area contributed by atoms with Crippen LogP contribution in [0.15, 0.2) is 54.6 Å². The highest BCUT2D eigenvalue weighted by Gasteiger charge is 2.56. The topological polar surface area (TPSA) is 67.9 Å². The van der Waals surface area contributed by atoms with Crippen molar-refractivity contribution in [3.8, 4) is 5.75 Å². The predicted molar refractivity (Wildman–Crippen MR) is 86.2 cm³/mol. The number of carbonyl (C=O) groups is 2. The molecular weight excluding hydrogens is 308 g/mol. The first kappa shape index (κ1) is 14.7. The molecule has 1 N–H and O–H groups in total. The van der Waals surface area contributed by atoms with Crippen molar-refractivity contribution in [3.63, 3.8) is 0 Å². The predicted octanol–water partition coefficient (Wildman–Crippen LogP) is 1.83. The third kappa shape index (κ3) is 2.23. The molecule has 2 fully saturated rings. The number of hydroxylamine groups is 1. The van der Waals surface area contributed by atoms with Crippen molar-refractivity contribution in [3.05, 3.63) is 60.2 Å². The van der Waals surface area contributed by atoms with Crippen molar-refractivity contribution in [2.75, 3.05) is 12.2 Å². The zero-order valence-corrected chi connectivity index (χ0v) is 13.0. The summed E-state index contributed by atoms with van der Waals surface area (Å²) >= 11 is 0. The molecule has 0 radical (unpaired) electrons. The summed E-state index contributed by atoms with van der Waals surface area (Å²) in [5, 5.41) is 4.02. The van der Waals surface area contributed by atoms with E-state index in [0.717, 1.165) is 17.0 Å². The Kier molecular flexibility index (Phi) is 3.46. The largest absolute Gasteiger partial charge is 0.497 e. The molecule has 0 saturated carbocycles. The van der Waals surface area contributed by atoms with Crippen LogP contribution in [-0.2, 0) is 14.4 Å². The Morgan fingerprint density at radius 3 is 2.38 bits per heavy atom. The van der Waals surface area contributed by atoms with Gasteiger partial charge in [-0.2, -0.15) is 0 Å². The average molecular weight is 324 g/mol. The minimum atomic E-state index is -0.801. The monoisotopic (exact) mass is 324 g/mol. The lowest BCUT2D eigenvalue weighted by atomic mass is 9.90. The van der Waals surface area contributed by atoms with Crippen molar-refractivity contribution < 1.29 is 19.2 Å². The van der Waals surface area contributed by atoms with E-state index in [1.807, 2.05) is 54.6 Å². The van der Waals surface area contributed by atoms with E-state index >= 15 is 0 Å². The summed E-state index contributed by atoms with van der Waals surface area (Å²) in [5.41, 5.74) is 1.69. The molecule has 24 heavy (non-hydrogen) atoms. The highest BCUT2D eigenvalue weighted by atomic mass is 16.7. The van der Waals surface area contributed by atoms with E-state index in [-0.39, 0.29) is 17.9 Å². The average Bonchev–Trinajstić information content (AvgIpc) is 3.14. The van der Waals surface area contributed by atoms with Gasteiger partial charge in [0.15, 0.2) is 6.10 Å². The Bertz CT molecular complexity index is 775. The van der Waals surface area contributed by atoms with Gasteiger partial charge in [0.05, 0.1) is 18.8 Å². The summed E-state index contributed by atoms with van der Waals surface area (Å²) in [6.07, 6.45) is -0.801. The number of methoxy groups -OCH3 is 1. The number of nitrogens with one attached hydrogen (secondary N) is 1. The van der Waals surface area contributed by atoms with Crippen LogP contribution in [-0.4, -0.2) is 25.0 Å². The maximum atomic E-state index is 12.3. The van der Waals surface area contributed by atoms with Crippen LogP contribution in [0.1, 0.15) is 11.6 Å². The number of hydrogen-bond acceptors (Lipinski definition) is 5. The molecule has 6 nitrogen and oxygen atoms in total. The SMILES string of the molecule is COc1ccc([C@H]2[C@H]3C(=O)NC(=O)[C@@H]3ON2c2ccccc2)cc1. The van der Waals surface area contributed by atoms with Crippen LogP contribution in [0.25, 0.3) is 0 Å². The number of nitrogens with zero attached hydrogens (tertiary/aromatic N) is 1. The van der Waals surface area contributed by atoms with E-state index in [1.165, 1.54) is 0 Å². The number of fused-ring (bicyclic) bond motifs is 1. The smallest absolute Gasteiger partial charge is 0.259 e. The van der Waals surface area contributed by atoms with Crippen LogP contribution in [0.4, 0.5) is 5.69 Å². The molecule has 2 aliphatic heterocycles. The van der Waals surface area contributed by atoms with Gasteiger partial charge in [0.25, 0.3) is 5.91 Å². The second kappa shape index (κ2) is 5.65. The van der Waals surface area contributed by atoms with Crippen LogP contribution in [0.3, 0.4) is 0 Å². The first-order valence-corrected chi connectivity index (χ1v) is 7.69. The van der Waals surface area contributed by atoms with Gasteiger partial charge >= 0.3 is 0 Å². The normalized spacial score (nSPS) is 25.5. The molecule has 4 rings (SSSR count). The number of hydrogen-bond donors (Lipinski definition) is 1. The quantitative estimate of drug-likeness (QED) is 0.873. The van der Waals surface area contributed by atoms with Crippen LogP contribution in [0, 0.1) is 5.92 Å². The maximum Gasteiger partial charge on any atom is 0.259 e. The number of benzene rings is 2. The van der Waals surface area contributed by atoms with E-state index in [2.05, 4.69) is 5.32 Å². The fourth-order valence-electron chi connectivity index (χ4n) is 3.27. The number of amides is 2. The molecule has 2 saturated heterocycles. The van der Waals surface area contributed by atoms with Crippen molar-refractivity contribution in [2.45, 2.75) is 12.1 Å². The highest BCUT2D eigenvalue weighted by Crippen LogP contribution is 2.44. The van der Waals surface area contributed by atoms with Crippen molar-refractivity contribution >= 4 is 17.5 Å². The number of para-hydroxylation sites is 1. The Balaban J connectivity index is 1.78. The standard InChI is InChI=1S/C18H16N2O4/c1-23-13-9-7-11(8-10-13)15-14-16(18(22)19-17(14)21)24-20(15)12-5-3-2-4-6-12/h2-10,14-16H,1H3,(H,19,21,22)/t14-,15+,16-/m1/s1. The summed E-state index contributed by atoms with van der Waals surface area (Å²) in [5.74, 6) is -0.537. The number of carbonyl (C=O) groups excluding carboxylic acids is 2. The van der Waals surface area contributed by atoms with Gasteiger partial charge in [-0.3, -0.25) is 19.7 Å². The molecule has 2 aliphatic rings. The van der Waals surface area contributed by atoms with E-state index in [0.29, 0.717) is 0 Å². The molecule has 2 amide bonds.